The molecule has 3 saturated heterocycles. The summed E-state index contributed by atoms with van der Waals surface area (Å²) in [7, 11) is -10.7. The van der Waals surface area contributed by atoms with E-state index in [-0.39, 0.29) is 0 Å². The number of halogens is 6. The first kappa shape index (κ1) is 16.3. The van der Waals surface area contributed by atoms with E-state index >= 15 is 0 Å². The minimum atomic E-state index is -10.7. The predicted octanol–water partition coefficient (Wildman–Crippen LogP) is 6.58. The van der Waals surface area contributed by atoms with Crippen LogP contribution in [0.2, 0.25) is 0 Å². The first-order valence-corrected chi connectivity index (χ1v) is 9.12. The van der Waals surface area contributed by atoms with E-state index in [0.717, 1.165) is 12.2 Å². The summed E-state index contributed by atoms with van der Waals surface area (Å²) < 4.78 is 63.0. The summed E-state index contributed by atoms with van der Waals surface area (Å²) in [5.74, 6) is 0. The standard InChI is InChI=1S/C12H21O.F6P/c1-2-7-12-8-5-10-3-4-11(6-9-12)13(10)12;1-7(2,3,4,5)6/h10-11H,2-9H2,1H3;/q+1;-1/t10-,11+,12?;. The quantitative estimate of drug-likeness (QED) is 0.306. The number of hydrogen-bond donors (Lipinski definition) is 0. The van der Waals surface area contributed by atoms with Crippen LogP contribution in [-0.4, -0.2) is 17.8 Å². The molecule has 3 aliphatic rings. The van der Waals surface area contributed by atoms with Crippen LogP contribution >= 0.6 is 7.81 Å². The number of hydrogen-bond acceptors (Lipinski definition) is 0. The minimum absolute atomic E-state index is 0.612. The van der Waals surface area contributed by atoms with Gasteiger partial charge in [-0.15, -0.1) is 0 Å². The molecule has 1 nitrogen and oxygen atoms in total. The Morgan fingerprint density at radius 1 is 0.900 bits per heavy atom. The van der Waals surface area contributed by atoms with Gasteiger partial charge in [0, 0.05) is 44.9 Å². The molecular weight excluding hydrogens is 305 g/mol. The SMILES string of the molecule is CCCC12CC[C@H]3CC[C@@H](CC1)[O+]32.F[P-](F)(F)(F)(F)F. The third-order valence-corrected chi connectivity index (χ3v) is 4.58. The van der Waals surface area contributed by atoms with Crippen molar-refractivity contribution in [2.24, 2.45) is 0 Å². The van der Waals surface area contributed by atoms with Crippen molar-refractivity contribution in [1.82, 2.24) is 0 Å². The Kier molecular flexibility index (Phi) is 3.47. The van der Waals surface area contributed by atoms with Gasteiger partial charge in [-0.2, -0.15) is 0 Å². The summed E-state index contributed by atoms with van der Waals surface area (Å²) in [5.41, 5.74) is 0.612. The predicted molar refractivity (Wildman–Crippen MR) is 67.6 cm³/mol. The molecule has 0 aromatic carbocycles. The van der Waals surface area contributed by atoms with E-state index in [9.17, 15) is 25.2 Å². The monoisotopic (exact) mass is 326 g/mol. The van der Waals surface area contributed by atoms with Crippen molar-refractivity contribution in [1.29, 1.82) is 0 Å². The molecule has 8 heteroatoms. The van der Waals surface area contributed by atoms with Crippen molar-refractivity contribution in [3.05, 3.63) is 0 Å². The summed E-state index contributed by atoms with van der Waals surface area (Å²) in [5, 5.41) is 0. The van der Waals surface area contributed by atoms with Gasteiger partial charge in [-0.05, 0) is 6.42 Å². The van der Waals surface area contributed by atoms with Gasteiger partial charge in [0.15, 0.2) is 17.8 Å². The summed E-state index contributed by atoms with van der Waals surface area (Å²) in [4.78, 5) is 0. The molecule has 0 amide bonds. The molecule has 0 aliphatic carbocycles. The van der Waals surface area contributed by atoms with Crippen LogP contribution in [0.4, 0.5) is 25.2 Å². The third-order valence-electron chi connectivity index (χ3n) is 4.58. The molecule has 0 bridgehead atoms. The van der Waals surface area contributed by atoms with E-state index in [0.29, 0.717) is 5.60 Å². The van der Waals surface area contributed by atoms with Crippen LogP contribution < -0.4 is 0 Å². The molecule has 3 fully saturated rings. The van der Waals surface area contributed by atoms with E-state index in [4.69, 9.17) is 0 Å². The Labute approximate surface area is 114 Å². The van der Waals surface area contributed by atoms with E-state index < -0.39 is 7.81 Å². The van der Waals surface area contributed by atoms with Gasteiger partial charge in [-0.1, -0.05) is 6.92 Å². The molecule has 0 aromatic rings. The van der Waals surface area contributed by atoms with Crippen molar-refractivity contribution >= 4 is 7.81 Å². The van der Waals surface area contributed by atoms with Gasteiger partial charge >= 0.3 is 33.0 Å². The fourth-order valence-electron chi connectivity index (χ4n) is 4.18. The van der Waals surface area contributed by atoms with Crippen LogP contribution in [0.3, 0.4) is 0 Å². The van der Waals surface area contributed by atoms with Crippen molar-refractivity contribution < 1.29 is 29.5 Å². The molecule has 1 unspecified atom stereocenters. The zero-order valence-electron chi connectivity index (χ0n) is 11.4. The fourth-order valence-corrected chi connectivity index (χ4v) is 4.18. The second kappa shape index (κ2) is 4.25. The van der Waals surface area contributed by atoms with Crippen LogP contribution in [0.5, 0.6) is 0 Å². The number of rotatable bonds is 2. The Balaban J connectivity index is 0.000000182. The fraction of sp³-hybridized carbons (Fsp3) is 1.00. The molecule has 3 heterocycles. The summed E-state index contributed by atoms with van der Waals surface area (Å²) >= 11 is 0. The molecule has 3 atom stereocenters. The second-order valence-corrected chi connectivity index (χ2v) is 8.08. The van der Waals surface area contributed by atoms with Gasteiger partial charge < -0.3 is 4.37 Å². The molecule has 20 heavy (non-hydrogen) atoms. The van der Waals surface area contributed by atoms with Gasteiger partial charge in [0.05, 0.1) is 0 Å². The Bertz CT molecular complexity index is 345. The van der Waals surface area contributed by atoms with Gasteiger partial charge in [0.25, 0.3) is 0 Å². The molecule has 0 radical (unpaired) electrons. The first-order valence-electron chi connectivity index (χ1n) is 7.09. The van der Waals surface area contributed by atoms with Crippen LogP contribution in [0.1, 0.15) is 58.3 Å². The molecule has 0 saturated carbocycles. The van der Waals surface area contributed by atoms with Crippen LogP contribution in [0.15, 0.2) is 0 Å². The van der Waals surface area contributed by atoms with Crippen LogP contribution in [0, 0.1) is 0 Å². The molecule has 0 N–H and O–H groups in total. The normalized spacial score (nSPS) is 39.8. The topological polar surface area (TPSA) is 2.70 Å². The second-order valence-electron chi connectivity index (χ2n) is 6.16. The van der Waals surface area contributed by atoms with Crippen LogP contribution in [-0.2, 0) is 4.37 Å². The van der Waals surface area contributed by atoms with Gasteiger partial charge in [0.1, 0.15) is 0 Å². The van der Waals surface area contributed by atoms with E-state index in [1.807, 2.05) is 0 Å². The van der Waals surface area contributed by atoms with Crippen LogP contribution in [0.25, 0.3) is 0 Å². The Morgan fingerprint density at radius 3 is 1.65 bits per heavy atom. The average Bonchev–Trinajstić information content (AvgIpc) is 2.79. The maximum atomic E-state index is 9.87. The zero-order valence-corrected chi connectivity index (χ0v) is 12.3. The summed E-state index contributed by atoms with van der Waals surface area (Å²) in [6.07, 6.45) is 13.5. The molecule has 0 spiro atoms. The van der Waals surface area contributed by atoms with E-state index in [1.54, 1.807) is 0 Å². The average molecular weight is 326 g/mol. The molecule has 3 aliphatic heterocycles. The van der Waals surface area contributed by atoms with Gasteiger partial charge in [0.2, 0.25) is 0 Å². The van der Waals surface area contributed by atoms with Crippen molar-refractivity contribution in [3.8, 4) is 0 Å². The Morgan fingerprint density at radius 2 is 1.30 bits per heavy atom. The maximum absolute atomic E-state index is 10.7. The molecule has 3 rings (SSSR count). The van der Waals surface area contributed by atoms with Crippen molar-refractivity contribution in [3.63, 3.8) is 0 Å². The molecule has 122 valence electrons. The third kappa shape index (κ3) is 4.23. The van der Waals surface area contributed by atoms with Gasteiger partial charge in [-0.3, -0.25) is 0 Å². The summed E-state index contributed by atoms with van der Waals surface area (Å²) in [6, 6.07) is 0. The zero-order chi connectivity index (χ0) is 15.3. The molecular formula is C12H21F6OP. The van der Waals surface area contributed by atoms with Gasteiger partial charge in [-0.25, -0.2) is 0 Å². The van der Waals surface area contributed by atoms with E-state index in [1.165, 1.54) is 51.4 Å². The summed E-state index contributed by atoms with van der Waals surface area (Å²) in [6.45, 7) is 2.34. The van der Waals surface area contributed by atoms with E-state index in [2.05, 4.69) is 11.3 Å². The first-order chi connectivity index (χ1) is 8.81. The molecule has 0 aromatic heterocycles. The van der Waals surface area contributed by atoms with Crippen molar-refractivity contribution in [2.45, 2.75) is 76.1 Å². The van der Waals surface area contributed by atoms with Crippen molar-refractivity contribution in [2.75, 3.05) is 0 Å². The Hall–Kier alpha value is -0.0300.